The Morgan fingerprint density at radius 2 is 1.76 bits per heavy atom. The van der Waals surface area contributed by atoms with Crippen LogP contribution >= 0.6 is 0 Å². The largest absolute Gasteiger partial charge is 0.493 e. The summed E-state index contributed by atoms with van der Waals surface area (Å²) in [6.07, 6.45) is 0. The van der Waals surface area contributed by atoms with Crippen molar-refractivity contribution in [2.24, 2.45) is 0 Å². The van der Waals surface area contributed by atoms with Gasteiger partial charge in [0.05, 0.1) is 25.3 Å². The van der Waals surface area contributed by atoms with Gasteiger partial charge >= 0.3 is 5.69 Å². The molecular weight excluding hydrogens is 324 g/mol. The summed E-state index contributed by atoms with van der Waals surface area (Å²) in [5.41, 5.74) is 0.902. The molecule has 0 unspecified atom stereocenters. The van der Waals surface area contributed by atoms with Gasteiger partial charge in [-0.1, -0.05) is 12.1 Å². The van der Waals surface area contributed by atoms with Crippen molar-refractivity contribution in [3.8, 4) is 22.8 Å². The van der Waals surface area contributed by atoms with Crippen molar-refractivity contribution in [1.29, 1.82) is 0 Å². The van der Waals surface area contributed by atoms with Crippen LogP contribution in [0.5, 0.6) is 11.5 Å². The van der Waals surface area contributed by atoms with Gasteiger partial charge in [-0.3, -0.25) is 4.79 Å². The molecule has 1 N–H and O–H groups in total. The van der Waals surface area contributed by atoms with Gasteiger partial charge < -0.3 is 14.5 Å². The van der Waals surface area contributed by atoms with Gasteiger partial charge in [-0.15, -0.1) is 9.73 Å². The summed E-state index contributed by atoms with van der Waals surface area (Å²) in [6, 6.07) is 12.1. The van der Waals surface area contributed by atoms with Gasteiger partial charge in [-0.2, -0.15) is 4.52 Å². The lowest BCUT2D eigenvalue weighted by Gasteiger charge is -2.07. The van der Waals surface area contributed by atoms with Crippen LogP contribution in [-0.2, 0) is 0 Å². The first-order valence-electron chi connectivity index (χ1n) is 7.49. The molecule has 0 aliphatic carbocycles. The summed E-state index contributed by atoms with van der Waals surface area (Å²) in [5, 5.41) is 4.19. The zero-order valence-electron chi connectivity index (χ0n) is 13.5. The smallest absolute Gasteiger partial charge is 0.362 e. The second-order valence-electron chi connectivity index (χ2n) is 5.37. The minimum Gasteiger partial charge on any atom is -0.493 e. The summed E-state index contributed by atoms with van der Waals surface area (Å²) < 4.78 is 12.7. The van der Waals surface area contributed by atoms with Gasteiger partial charge in [0.1, 0.15) is 0 Å². The van der Waals surface area contributed by atoms with E-state index in [2.05, 4.69) is 10.1 Å². The van der Waals surface area contributed by atoms with Gasteiger partial charge in [0.25, 0.3) is 5.56 Å². The fraction of sp³-hybridized carbons (Fsp3) is 0.118. The summed E-state index contributed by atoms with van der Waals surface area (Å²) in [5.74, 6) is 1.01. The number of para-hydroxylation sites is 2. The Bertz CT molecular complexity index is 1220. The fourth-order valence-corrected chi connectivity index (χ4v) is 2.81. The predicted octanol–water partition coefficient (Wildman–Crippen LogP) is 1.32. The second-order valence-corrected chi connectivity index (χ2v) is 5.37. The van der Waals surface area contributed by atoms with E-state index in [-0.39, 0.29) is 5.69 Å². The van der Waals surface area contributed by atoms with Gasteiger partial charge in [0, 0.05) is 5.56 Å². The van der Waals surface area contributed by atoms with Crippen LogP contribution < -0.4 is 20.7 Å². The van der Waals surface area contributed by atoms with Crippen molar-refractivity contribution < 1.29 is 9.47 Å². The van der Waals surface area contributed by atoms with Crippen molar-refractivity contribution >= 4 is 11.0 Å². The number of methoxy groups -OCH3 is 2. The first kappa shape index (κ1) is 15.0. The van der Waals surface area contributed by atoms with Crippen LogP contribution in [-0.4, -0.2) is 33.4 Å². The van der Waals surface area contributed by atoms with Gasteiger partial charge in [-0.25, -0.2) is 4.79 Å². The summed E-state index contributed by atoms with van der Waals surface area (Å²) in [6.45, 7) is 0. The SMILES string of the molecule is COc1ccc(-c2nn3c(=O)[nH]c4ccccc4n3c2=O)cc1OC. The molecule has 2 aromatic carbocycles. The molecule has 2 aromatic heterocycles. The highest BCUT2D eigenvalue weighted by molar-refractivity contribution is 5.74. The monoisotopic (exact) mass is 338 g/mol. The summed E-state index contributed by atoms with van der Waals surface area (Å²) in [4.78, 5) is 27.9. The molecular formula is C17H14N4O4. The lowest BCUT2D eigenvalue weighted by molar-refractivity contribution is 0.355. The molecule has 0 saturated carbocycles. The molecule has 4 rings (SSSR count). The Kier molecular flexibility index (Phi) is 3.31. The first-order valence-corrected chi connectivity index (χ1v) is 7.49. The zero-order valence-corrected chi connectivity index (χ0v) is 13.5. The van der Waals surface area contributed by atoms with Crippen molar-refractivity contribution in [1.82, 2.24) is 19.2 Å². The lowest BCUT2D eigenvalue weighted by atomic mass is 10.1. The van der Waals surface area contributed by atoms with E-state index in [0.717, 1.165) is 4.63 Å². The number of hydrogen-bond donors (Lipinski definition) is 1. The normalized spacial score (nSPS) is 11.1. The minimum atomic E-state index is -0.498. The number of rotatable bonds is 3. The number of aromatic nitrogens is 4. The Morgan fingerprint density at radius 3 is 2.52 bits per heavy atom. The average molecular weight is 338 g/mol. The highest BCUT2D eigenvalue weighted by atomic mass is 16.5. The Morgan fingerprint density at radius 1 is 1.00 bits per heavy atom. The van der Waals surface area contributed by atoms with Gasteiger partial charge in [-0.05, 0) is 30.3 Å². The van der Waals surface area contributed by atoms with Crippen LogP contribution in [0.1, 0.15) is 0 Å². The molecule has 2 heterocycles. The quantitative estimate of drug-likeness (QED) is 0.608. The van der Waals surface area contributed by atoms with E-state index in [9.17, 15) is 9.59 Å². The maximum atomic E-state index is 12.9. The Hall–Kier alpha value is -3.55. The summed E-state index contributed by atoms with van der Waals surface area (Å²) in [7, 11) is 3.04. The van der Waals surface area contributed by atoms with E-state index in [0.29, 0.717) is 28.1 Å². The number of benzene rings is 2. The third kappa shape index (κ3) is 2.18. The topological polar surface area (TPSA) is 90.1 Å². The molecule has 0 radical (unpaired) electrons. The second kappa shape index (κ2) is 5.52. The fourth-order valence-electron chi connectivity index (χ4n) is 2.81. The molecule has 0 bridgehead atoms. The Balaban J connectivity index is 2.06. The van der Waals surface area contributed by atoms with E-state index in [1.807, 2.05) is 0 Å². The van der Waals surface area contributed by atoms with Gasteiger partial charge in [0.15, 0.2) is 17.2 Å². The van der Waals surface area contributed by atoms with Crippen LogP contribution in [0.2, 0.25) is 0 Å². The predicted molar refractivity (Wildman–Crippen MR) is 91.6 cm³/mol. The minimum absolute atomic E-state index is 0.146. The molecule has 0 aliphatic heterocycles. The number of nitrogens with zero attached hydrogens (tertiary/aromatic N) is 3. The molecule has 0 atom stereocenters. The molecule has 25 heavy (non-hydrogen) atoms. The van der Waals surface area contributed by atoms with Crippen LogP contribution in [0.25, 0.3) is 22.3 Å². The van der Waals surface area contributed by atoms with E-state index >= 15 is 0 Å². The van der Waals surface area contributed by atoms with E-state index in [1.54, 1.807) is 42.5 Å². The maximum Gasteiger partial charge on any atom is 0.362 e. The molecule has 8 nitrogen and oxygen atoms in total. The Labute approximate surface area is 140 Å². The van der Waals surface area contributed by atoms with Crippen LogP contribution in [0.3, 0.4) is 0 Å². The van der Waals surface area contributed by atoms with Crippen molar-refractivity contribution in [3.05, 3.63) is 63.3 Å². The lowest BCUT2D eigenvalue weighted by Crippen LogP contribution is -2.26. The highest BCUT2D eigenvalue weighted by Crippen LogP contribution is 2.30. The third-order valence-corrected chi connectivity index (χ3v) is 3.99. The number of hydrogen-bond acceptors (Lipinski definition) is 5. The molecule has 126 valence electrons. The number of H-pyrrole nitrogens is 1. The number of fused-ring (bicyclic) bond motifs is 3. The van der Waals surface area contributed by atoms with E-state index in [4.69, 9.17) is 9.47 Å². The maximum absolute atomic E-state index is 12.9. The standard InChI is InChI=1S/C17H14N4O4/c1-24-13-8-7-10(9-14(13)25-2)15-16(22)20-12-6-4-3-5-11(12)18-17(23)21(20)19-15/h3-9H,1-2H3,(H,18,23). The van der Waals surface area contributed by atoms with Gasteiger partial charge in [0.2, 0.25) is 0 Å². The van der Waals surface area contributed by atoms with Crippen LogP contribution in [0, 0.1) is 0 Å². The van der Waals surface area contributed by atoms with Crippen molar-refractivity contribution in [2.45, 2.75) is 0 Å². The average Bonchev–Trinajstić information content (AvgIpc) is 2.99. The molecule has 0 fully saturated rings. The first-order chi connectivity index (χ1) is 12.1. The summed E-state index contributed by atoms with van der Waals surface area (Å²) >= 11 is 0. The molecule has 0 saturated heterocycles. The highest BCUT2D eigenvalue weighted by Gasteiger charge is 2.17. The molecule has 8 heteroatoms. The van der Waals surface area contributed by atoms with Crippen LogP contribution in [0.15, 0.2) is 52.1 Å². The number of nitrogens with one attached hydrogen (secondary N) is 1. The molecule has 0 spiro atoms. The molecule has 0 amide bonds. The van der Waals surface area contributed by atoms with E-state index in [1.165, 1.54) is 18.7 Å². The third-order valence-electron chi connectivity index (χ3n) is 3.99. The zero-order chi connectivity index (χ0) is 17.6. The number of ether oxygens (including phenoxy) is 2. The van der Waals surface area contributed by atoms with Crippen molar-refractivity contribution in [2.75, 3.05) is 14.2 Å². The van der Waals surface area contributed by atoms with Crippen LogP contribution in [0.4, 0.5) is 0 Å². The molecule has 4 aromatic rings. The van der Waals surface area contributed by atoms with E-state index < -0.39 is 11.2 Å². The van der Waals surface area contributed by atoms with Crippen molar-refractivity contribution in [3.63, 3.8) is 0 Å². The number of aromatic amines is 1. The molecule has 0 aliphatic rings.